The second-order valence-electron chi connectivity index (χ2n) is 7.90. The van der Waals surface area contributed by atoms with E-state index in [1.54, 1.807) is 55.6 Å². The van der Waals surface area contributed by atoms with E-state index in [1.807, 2.05) is 0 Å². The predicted molar refractivity (Wildman–Crippen MR) is 128 cm³/mol. The minimum atomic E-state index is -0.482. The lowest BCUT2D eigenvalue weighted by molar-refractivity contribution is -0.117. The van der Waals surface area contributed by atoms with Gasteiger partial charge in [0.05, 0.1) is 29.5 Å². The molecule has 33 heavy (non-hydrogen) atoms. The number of carbonyl (C=O) groups is 2. The molecule has 2 aromatic carbocycles. The van der Waals surface area contributed by atoms with Crippen LogP contribution < -0.4 is 20.9 Å². The van der Waals surface area contributed by atoms with Crippen molar-refractivity contribution in [2.24, 2.45) is 0 Å². The number of amides is 3. The number of nitrogens with zero attached hydrogens (tertiary/aromatic N) is 2. The third kappa shape index (κ3) is 5.54. The van der Waals surface area contributed by atoms with Crippen LogP contribution in [0.2, 0.25) is 0 Å². The summed E-state index contributed by atoms with van der Waals surface area (Å²) in [5.74, 6) is 0.0841. The zero-order valence-corrected chi connectivity index (χ0v) is 19.2. The number of methoxy groups -OCH3 is 1. The summed E-state index contributed by atoms with van der Waals surface area (Å²) in [4.78, 5) is 42.5. The van der Waals surface area contributed by atoms with Crippen LogP contribution in [0, 0.1) is 0 Å². The Labute approximate surface area is 195 Å². The Morgan fingerprint density at radius 1 is 1.12 bits per heavy atom. The van der Waals surface area contributed by atoms with E-state index >= 15 is 0 Å². The average Bonchev–Trinajstić information content (AvgIpc) is 2.83. The lowest BCUT2D eigenvalue weighted by Gasteiger charge is -2.22. The first kappa shape index (κ1) is 22.8. The molecule has 3 aromatic rings. The van der Waals surface area contributed by atoms with Crippen LogP contribution in [0.25, 0.3) is 16.6 Å². The smallest absolute Gasteiger partial charge is 0.321 e. The quantitative estimate of drug-likeness (QED) is 0.425. The van der Waals surface area contributed by atoms with Gasteiger partial charge in [-0.3, -0.25) is 19.5 Å². The Balaban J connectivity index is 1.54. The molecule has 4 rings (SSSR count). The third-order valence-corrected chi connectivity index (χ3v) is 6.52. The molecule has 1 aliphatic rings. The maximum Gasteiger partial charge on any atom is 0.321 e. The summed E-state index contributed by atoms with van der Waals surface area (Å²) in [7, 11) is 1.55. The molecule has 0 atom stereocenters. The second kappa shape index (κ2) is 10.5. The van der Waals surface area contributed by atoms with Gasteiger partial charge in [-0.1, -0.05) is 49.2 Å². The molecule has 0 bridgehead atoms. The molecule has 1 fully saturated rings. The minimum absolute atomic E-state index is 0.0627. The van der Waals surface area contributed by atoms with Crippen molar-refractivity contribution < 1.29 is 14.3 Å². The monoisotopic (exact) mass is 466 g/mol. The largest absolute Gasteiger partial charge is 0.497 e. The normalized spacial score (nSPS) is 14.1. The number of rotatable bonds is 6. The minimum Gasteiger partial charge on any atom is -0.497 e. The molecular formula is C24H26N4O4S. The standard InChI is InChI=1S/C24H26N4O4S/c1-32-18-11-7-10-17(14-18)28-22(30)19-12-5-6-13-20(19)26-24(28)33-15-21(29)27-23(31)25-16-8-3-2-4-9-16/h5-7,10-14,16H,2-4,8-9,15H2,1H3,(H2,25,27,29,31). The first-order chi connectivity index (χ1) is 16.0. The van der Waals surface area contributed by atoms with Crippen molar-refractivity contribution in [2.45, 2.75) is 43.3 Å². The van der Waals surface area contributed by atoms with Gasteiger partial charge in [-0.25, -0.2) is 9.78 Å². The molecule has 172 valence electrons. The molecule has 0 aliphatic heterocycles. The maximum absolute atomic E-state index is 13.3. The van der Waals surface area contributed by atoms with Gasteiger partial charge in [0.2, 0.25) is 5.91 Å². The average molecular weight is 467 g/mol. The molecular weight excluding hydrogens is 440 g/mol. The van der Waals surface area contributed by atoms with Crippen LogP contribution in [0.3, 0.4) is 0 Å². The van der Waals surface area contributed by atoms with Crippen molar-refractivity contribution in [1.82, 2.24) is 20.2 Å². The van der Waals surface area contributed by atoms with Crippen molar-refractivity contribution >= 4 is 34.6 Å². The fourth-order valence-electron chi connectivity index (χ4n) is 3.95. The summed E-state index contributed by atoms with van der Waals surface area (Å²) in [6.45, 7) is 0. The number of urea groups is 1. The van der Waals surface area contributed by atoms with E-state index in [9.17, 15) is 14.4 Å². The number of hydrogen-bond acceptors (Lipinski definition) is 6. The number of para-hydroxylation sites is 1. The number of nitrogens with one attached hydrogen (secondary N) is 2. The van der Waals surface area contributed by atoms with Crippen LogP contribution in [-0.2, 0) is 4.79 Å². The Bertz CT molecular complexity index is 1220. The summed E-state index contributed by atoms with van der Waals surface area (Å²) in [6.07, 6.45) is 5.23. The summed E-state index contributed by atoms with van der Waals surface area (Å²) >= 11 is 1.10. The van der Waals surface area contributed by atoms with Gasteiger partial charge in [-0.05, 0) is 37.1 Å². The molecule has 1 aliphatic carbocycles. The van der Waals surface area contributed by atoms with Crippen molar-refractivity contribution in [3.8, 4) is 11.4 Å². The van der Waals surface area contributed by atoms with Gasteiger partial charge in [-0.2, -0.15) is 0 Å². The molecule has 0 unspecified atom stereocenters. The number of aromatic nitrogens is 2. The Kier molecular flexibility index (Phi) is 7.29. The molecule has 2 N–H and O–H groups in total. The van der Waals surface area contributed by atoms with E-state index in [-0.39, 0.29) is 17.4 Å². The number of hydrogen-bond donors (Lipinski definition) is 2. The fourth-order valence-corrected chi connectivity index (χ4v) is 4.76. The number of carbonyl (C=O) groups excluding carboxylic acids is 2. The Hall–Kier alpha value is -3.33. The molecule has 1 heterocycles. The summed E-state index contributed by atoms with van der Waals surface area (Å²) in [5.41, 5.74) is 0.877. The van der Waals surface area contributed by atoms with Gasteiger partial charge < -0.3 is 10.1 Å². The second-order valence-corrected chi connectivity index (χ2v) is 8.84. The van der Waals surface area contributed by atoms with Gasteiger partial charge in [0.15, 0.2) is 5.16 Å². The first-order valence-corrected chi connectivity index (χ1v) is 11.9. The lowest BCUT2D eigenvalue weighted by Crippen LogP contribution is -2.45. The SMILES string of the molecule is COc1cccc(-n2c(SCC(=O)NC(=O)NC3CCCCC3)nc3ccccc3c2=O)c1. The van der Waals surface area contributed by atoms with Gasteiger partial charge in [0.1, 0.15) is 5.75 Å². The van der Waals surface area contributed by atoms with Gasteiger partial charge in [-0.15, -0.1) is 0 Å². The van der Waals surface area contributed by atoms with Gasteiger partial charge >= 0.3 is 6.03 Å². The fraction of sp³-hybridized carbons (Fsp3) is 0.333. The number of fused-ring (bicyclic) bond motifs is 1. The lowest BCUT2D eigenvalue weighted by atomic mass is 9.96. The Morgan fingerprint density at radius 3 is 2.70 bits per heavy atom. The molecule has 1 aromatic heterocycles. The predicted octanol–water partition coefficient (Wildman–Crippen LogP) is 3.64. The number of imide groups is 1. The maximum atomic E-state index is 13.3. The van der Waals surface area contributed by atoms with E-state index in [4.69, 9.17) is 4.74 Å². The van der Waals surface area contributed by atoms with Crippen LogP contribution >= 0.6 is 11.8 Å². The van der Waals surface area contributed by atoms with E-state index in [0.717, 1.165) is 37.4 Å². The van der Waals surface area contributed by atoms with Crippen LogP contribution in [0.5, 0.6) is 5.75 Å². The third-order valence-electron chi connectivity index (χ3n) is 5.58. The zero-order valence-electron chi connectivity index (χ0n) is 18.4. The van der Waals surface area contributed by atoms with Crippen molar-refractivity contribution in [1.29, 1.82) is 0 Å². The molecule has 3 amide bonds. The van der Waals surface area contributed by atoms with Crippen molar-refractivity contribution in [3.63, 3.8) is 0 Å². The highest BCUT2D eigenvalue weighted by atomic mass is 32.2. The molecule has 0 saturated heterocycles. The van der Waals surface area contributed by atoms with Crippen LogP contribution in [0.1, 0.15) is 32.1 Å². The molecule has 1 saturated carbocycles. The van der Waals surface area contributed by atoms with E-state index < -0.39 is 11.9 Å². The van der Waals surface area contributed by atoms with E-state index in [2.05, 4.69) is 15.6 Å². The van der Waals surface area contributed by atoms with Gasteiger partial charge in [0.25, 0.3) is 5.56 Å². The highest BCUT2D eigenvalue weighted by molar-refractivity contribution is 7.99. The molecule has 0 spiro atoms. The van der Waals surface area contributed by atoms with Crippen LogP contribution in [-0.4, -0.2) is 40.4 Å². The first-order valence-electron chi connectivity index (χ1n) is 10.9. The molecule has 8 nitrogen and oxygen atoms in total. The van der Waals surface area contributed by atoms with Crippen LogP contribution in [0.15, 0.2) is 58.5 Å². The highest BCUT2D eigenvalue weighted by Gasteiger charge is 2.19. The van der Waals surface area contributed by atoms with Crippen molar-refractivity contribution in [3.05, 3.63) is 58.9 Å². The van der Waals surface area contributed by atoms with Gasteiger partial charge in [0, 0.05) is 12.1 Å². The summed E-state index contributed by atoms with van der Waals surface area (Å²) in [5, 5.41) is 6.08. The molecule has 9 heteroatoms. The molecule has 0 radical (unpaired) electrons. The number of ether oxygens (including phenoxy) is 1. The highest BCUT2D eigenvalue weighted by Crippen LogP contribution is 2.23. The van der Waals surface area contributed by atoms with E-state index in [0.29, 0.717) is 27.5 Å². The summed E-state index contributed by atoms with van der Waals surface area (Å²) in [6, 6.07) is 13.8. The van der Waals surface area contributed by atoms with Crippen LogP contribution in [0.4, 0.5) is 4.79 Å². The van der Waals surface area contributed by atoms with Crippen molar-refractivity contribution in [2.75, 3.05) is 12.9 Å². The number of thioether (sulfide) groups is 1. The summed E-state index contributed by atoms with van der Waals surface area (Å²) < 4.78 is 6.76. The topological polar surface area (TPSA) is 102 Å². The van der Waals surface area contributed by atoms with E-state index in [1.165, 1.54) is 11.0 Å². The number of benzene rings is 2. The Morgan fingerprint density at radius 2 is 1.91 bits per heavy atom. The zero-order chi connectivity index (χ0) is 23.2.